The van der Waals surface area contributed by atoms with E-state index < -0.39 is 0 Å². The average Bonchev–Trinajstić information content (AvgIpc) is 3.36. The van der Waals surface area contributed by atoms with Crippen molar-refractivity contribution in [2.24, 2.45) is 0 Å². The zero-order valence-electron chi connectivity index (χ0n) is 15.5. The van der Waals surface area contributed by atoms with Crippen LogP contribution in [0.2, 0.25) is 0 Å². The third kappa shape index (κ3) is 2.56. The molecule has 28 heavy (non-hydrogen) atoms. The molecule has 0 N–H and O–H groups in total. The molecule has 1 aliphatic rings. The van der Waals surface area contributed by atoms with Crippen molar-refractivity contribution < 1.29 is 8.81 Å². The molecule has 0 atom stereocenters. The van der Waals surface area contributed by atoms with E-state index in [9.17, 15) is 9.18 Å². The maximum absolute atomic E-state index is 14.0. The van der Waals surface area contributed by atoms with Crippen molar-refractivity contribution in [2.45, 2.75) is 26.8 Å². The summed E-state index contributed by atoms with van der Waals surface area (Å²) in [6, 6.07) is 10.1. The van der Waals surface area contributed by atoms with Crippen molar-refractivity contribution in [3.05, 3.63) is 74.6 Å². The predicted octanol–water partition coefficient (Wildman–Crippen LogP) is 5.42. The number of hydrogen-bond donors (Lipinski definition) is 0. The Morgan fingerprint density at radius 2 is 2.04 bits per heavy atom. The number of aryl methyl sites for hydroxylation is 2. The number of rotatable bonds is 2. The van der Waals surface area contributed by atoms with Gasteiger partial charge in [-0.05, 0) is 56.2 Å². The van der Waals surface area contributed by atoms with E-state index in [0.717, 1.165) is 26.2 Å². The minimum absolute atomic E-state index is 0.0248. The number of aromatic nitrogens is 2. The van der Waals surface area contributed by atoms with Gasteiger partial charge in [-0.15, -0.1) is 11.3 Å². The summed E-state index contributed by atoms with van der Waals surface area (Å²) in [4.78, 5) is 19.6. The molecule has 4 nitrogen and oxygen atoms in total. The summed E-state index contributed by atoms with van der Waals surface area (Å²) in [6.07, 6.45) is 2.61. The number of thiophene rings is 1. The van der Waals surface area contributed by atoms with Gasteiger partial charge < -0.3 is 4.42 Å². The third-order valence-corrected chi connectivity index (χ3v) is 6.36. The Labute approximate surface area is 164 Å². The summed E-state index contributed by atoms with van der Waals surface area (Å²) in [5.74, 6) is 1.48. The summed E-state index contributed by atoms with van der Waals surface area (Å²) in [6.45, 7) is 4.60. The monoisotopic (exact) mass is 392 g/mol. The molecule has 0 fully saturated rings. The summed E-state index contributed by atoms with van der Waals surface area (Å²) in [5, 5.41) is 0.729. The molecule has 1 aromatic carbocycles. The maximum atomic E-state index is 14.0. The van der Waals surface area contributed by atoms with Gasteiger partial charge in [0, 0.05) is 17.0 Å². The van der Waals surface area contributed by atoms with Gasteiger partial charge in [0.2, 0.25) is 0 Å². The first-order chi connectivity index (χ1) is 13.5. The van der Waals surface area contributed by atoms with E-state index in [-0.39, 0.29) is 11.4 Å². The van der Waals surface area contributed by atoms with E-state index in [1.54, 1.807) is 40.2 Å². The first-order valence-corrected chi connectivity index (χ1v) is 9.91. The second kappa shape index (κ2) is 6.27. The van der Waals surface area contributed by atoms with Crippen LogP contribution in [0.3, 0.4) is 0 Å². The van der Waals surface area contributed by atoms with Crippen LogP contribution in [0, 0.1) is 19.7 Å². The van der Waals surface area contributed by atoms with E-state index in [2.05, 4.69) is 0 Å². The fourth-order valence-corrected chi connectivity index (χ4v) is 4.69. The van der Waals surface area contributed by atoms with Crippen LogP contribution in [-0.4, -0.2) is 9.55 Å². The molecule has 0 saturated heterocycles. The molecule has 140 valence electrons. The molecule has 5 rings (SSSR count). The summed E-state index contributed by atoms with van der Waals surface area (Å²) in [7, 11) is 0. The average molecular weight is 392 g/mol. The standard InChI is InChI=1S/C22H17FN2O2S/c1-12-13(2)28-21-19(12)22(26)25-10-9-14(20(25)24-21)11-15-7-8-18(27-15)16-5-3-4-6-17(16)23/h3-8,11H,9-10H2,1-2H3/b14-11-. The molecular weight excluding hydrogens is 375 g/mol. The number of allylic oxidation sites excluding steroid dienone is 1. The fraction of sp³-hybridized carbons (Fsp3) is 0.182. The topological polar surface area (TPSA) is 48.0 Å². The highest BCUT2D eigenvalue weighted by Crippen LogP contribution is 2.33. The molecule has 0 unspecified atom stereocenters. The van der Waals surface area contributed by atoms with E-state index in [4.69, 9.17) is 9.40 Å². The van der Waals surface area contributed by atoms with Crippen LogP contribution in [0.5, 0.6) is 0 Å². The normalized spacial score (nSPS) is 14.9. The quantitative estimate of drug-likeness (QED) is 0.458. The van der Waals surface area contributed by atoms with Gasteiger partial charge >= 0.3 is 0 Å². The number of halogens is 1. The summed E-state index contributed by atoms with van der Waals surface area (Å²) >= 11 is 1.55. The molecule has 0 spiro atoms. The molecule has 0 saturated carbocycles. The number of hydrogen-bond acceptors (Lipinski definition) is 4. The lowest BCUT2D eigenvalue weighted by Gasteiger charge is -2.03. The van der Waals surface area contributed by atoms with E-state index in [1.807, 2.05) is 26.0 Å². The number of benzene rings is 1. The Balaban J connectivity index is 1.59. The second-order valence-corrected chi connectivity index (χ2v) is 8.16. The highest BCUT2D eigenvalue weighted by molar-refractivity contribution is 7.18. The fourth-order valence-electron chi connectivity index (χ4n) is 3.67. The summed E-state index contributed by atoms with van der Waals surface area (Å²) in [5.41, 5.74) is 2.43. The van der Waals surface area contributed by atoms with Crippen LogP contribution in [0.15, 0.2) is 45.6 Å². The number of nitrogens with zero attached hydrogens (tertiary/aromatic N) is 2. The molecule has 1 aliphatic heterocycles. The zero-order chi connectivity index (χ0) is 19.4. The lowest BCUT2D eigenvalue weighted by Crippen LogP contribution is -2.20. The lowest BCUT2D eigenvalue weighted by atomic mass is 10.1. The molecule has 0 bridgehead atoms. The zero-order valence-corrected chi connectivity index (χ0v) is 16.3. The third-order valence-electron chi connectivity index (χ3n) is 5.26. The minimum Gasteiger partial charge on any atom is -0.457 e. The van der Waals surface area contributed by atoms with E-state index >= 15 is 0 Å². The summed E-state index contributed by atoms with van der Waals surface area (Å²) < 4.78 is 21.6. The van der Waals surface area contributed by atoms with Gasteiger partial charge in [0.25, 0.3) is 5.56 Å². The minimum atomic E-state index is -0.318. The molecule has 0 amide bonds. The van der Waals surface area contributed by atoms with Crippen molar-refractivity contribution in [1.82, 2.24) is 9.55 Å². The van der Waals surface area contributed by atoms with Gasteiger partial charge in [-0.1, -0.05) is 12.1 Å². The van der Waals surface area contributed by atoms with Crippen LogP contribution >= 0.6 is 11.3 Å². The van der Waals surface area contributed by atoms with E-state index in [1.165, 1.54) is 6.07 Å². The van der Waals surface area contributed by atoms with Crippen molar-refractivity contribution in [3.8, 4) is 11.3 Å². The first-order valence-electron chi connectivity index (χ1n) is 9.09. The molecular formula is C22H17FN2O2S. The highest BCUT2D eigenvalue weighted by atomic mass is 32.1. The molecule has 0 aliphatic carbocycles. The Morgan fingerprint density at radius 3 is 2.86 bits per heavy atom. The van der Waals surface area contributed by atoms with Crippen LogP contribution in [0.1, 0.15) is 28.4 Å². The first kappa shape index (κ1) is 17.1. The SMILES string of the molecule is Cc1sc2nc3n(c(=O)c2c1C)CC/C3=C/c1ccc(-c2ccccc2F)o1. The van der Waals surface area contributed by atoms with Gasteiger partial charge in [-0.2, -0.15) is 0 Å². The van der Waals surface area contributed by atoms with Crippen molar-refractivity contribution >= 4 is 33.2 Å². The number of fused-ring (bicyclic) bond motifs is 2. The highest BCUT2D eigenvalue weighted by Gasteiger charge is 2.23. The Bertz CT molecular complexity index is 1330. The van der Waals surface area contributed by atoms with Crippen molar-refractivity contribution in [1.29, 1.82) is 0 Å². The Morgan fingerprint density at radius 1 is 1.21 bits per heavy atom. The van der Waals surface area contributed by atoms with Crippen LogP contribution in [0.25, 0.3) is 33.2 Å². The van der Waals surface area contributed by atoms with E-state index in [0.29, 0.717) is 35.9 Å². The van der Waals surface area contributed by atoms with Crippen molar-refractivity contribution in [3.63, 3.8) is 0 Å². The number of furan rings is 1. The Hall–Kier alpha value is -2.99. The molecule has 4 aromatic rings. The second-order valence-electron chi connectivity index (χ2n) is 6.96. The smallest absolute Gasteiger partial charge is 0.262 e. The molecule has 0 radical (unpaired) electrons. The van der Waals surface area contributed by atoms with Crippen LogP contribution < -0.4 is 5.56 Å². The van der Waals surface area contributed by atoms with Crippen LogP contribution in [-0.2, 0) is 6.54 Å². The Kier molecular flexibility index (Phi) is 3.84. The van der Waals surface area contributed by atoms with Crippen molar-refractivity contribution in [2.75, 3.05) is 0 Å². The van der Waals surface area contributed by atoms with Gasteiger partial charge in [-0.3, -0.25) is 9.36 Å². The maximum Gasteiger partial charge on any atom is 0.262 e. The van der Waals surface area contributed by atoms with Gasteiger partial charge in [0.1, 0.15) is 28.0 Å². The molecule has 3 aromatic heterocycles. The lowest BCUT2D eigenvalue weighted by molar-refractivity contribution is 0.561. The predicted molar refractivity (Wildman–Crippen MR) is 110 cm³/mol. The van der Waals surface area contributed by atoms with Gasteiger partial charge in [-0.25, -0.2) is 9.37 Å². The van der Waals surface area contributed by atoms with Crippen LogP contribution in [0.4, 0.5) is 4.39 Å². The molecule has 6 heteroatoms. The van der Waals surface area contributed by atoms with Gasteiger partial charge in [0.05, 0.1) is 10.9 Å². The molecule has 4 heterocycles. The largest absolute Gasteiger partial charge is 0.457 e. The van der Waals surface area contributed by atoms with Gasteiger partial charge in [0.15, 0.2) is 0 Å².